The Morgan fingerprint density at radius 3 is 3.00 bits per heavy atom. The number of halogens is 2. The van der Waals surface area contributed by atoms with Crippen LogP contribution in [0.15, 0.2) is 16.7 Å². The summed E-state index contributed by atoms with van der Waals surface area (Å²) < 4.78 is 5.29. The maximum atomic E-state index is 10.3. The molecule has 0 aliphatic heterocycles. The van der Waals surface area contributed by atoms with Crippen LogP contribution in [0.4, 0.5) is 4.79 Å². The lowest BCUT2D eigenvalue weighted by Gasteiger charge is -2.02. The van der Waals surface area contributed by atoms with Crippen LogP contribution >= 0.6 is 27.5 Å². The average Bonchev–Trinajstić information content (AvgIpc) is 2.02. The Balaban J connectivity index is 2.72. The molecule has 0 unspecified atom stereocenters. The monoisotopic (exact) mass is 264 g/mol. The highest BCUT2D eigenvalue weighted by atomic mass is 79.9. The van der Waals surface area contributed by atoms with Crippen LogP contribution in [0.2, 0.25) is 5.02 Å². The minimum Gasteiger partial charge on any atom is -0.443 e. The molecule has 1 aromatic heterocycles. The van der Waals surface area contributed by atoms with Crippen molar-refractivity contribution in [2.45, 2.75) is 6.61 Å². The minimum atomic E-state index is -0.846. The number of ether oxygens (including phenoxy) is 1. The lowest BCUT2D eigenvalue weighted by Crippen LogP contribution is -2.13. The first-order valence-electron chi connectivity index (χ1n) is 3.31. The fourth-order valence-corrected chi connectivity index (χ4v) is 1.37. The van der Waals surface area contributed by atoms with Crippen LogP contribution in [-0.4, -0.2) is 11.1 Å². The molecule has 0 aliphatic rings. The molecule has 6 heteroatoms. The smallest absolute Gasteiger partial charge is 0.404 e. The molecule has 1 aromatic rings. The number of hydrogen-bond donors (Lipinski definition) is 1. The molecule has 0 saturated heterocycles. The van der Waals surface area contributed by atoms with E-state index in [1.807, 2.05) is 0 Å². The third-order valence-corrected chi connectivity index (χ3v) is 2.00. The van der Waals surface area contributed by atoms with Gasteiger partial charge in [0.15, 0.2) is 0 Å². The molecule has 0 aliphatic carbocycles. The number of nitrogens with two attached hydrogens (primary N) is 1. The summed E-state index contributed by atoms with van der Waals surface area (Å²) in [5.74, 6) is 0. The summed E-state index contributed by atoms with van der Waals surface area (Å²) in [7, 11) is 0. The van der Waals surface area contributed by atoms with Crippen LogP contribution in [0.3, 0.4) is 0 Å². The zero-order valence-corrected chi connectivity index (χ0v) is 8.80. The summed E-state index contributed by atoms with van der Waals surface area (Å²) in [4.78, 5) is 14.2. The van der Waals surface area contributed by atoms with Crippen LogP contribution in [0.25, 0.3) is 0 Å². The second kappa shape index (κ2) is 4.43. The van der Waals surface area contributed by atoms with Gasteiger partial charge in [0.1, 0.15) is 6.61 Å². The molecule has 0 saturated carbocycles. The first kappa shape index (κ1) is 10.3. The number of rotatable bonds is 2. The highest BCUT2D eigenvalue weighted by Gasteiger charge is 2.04. The van der Waals surface area contributed by atoms with Gasteiger partial charge in [-0.15, -0.1) is 0 Å². The highest BCUT2D eigenvalue weighted by molar-refractivity contribution is 9.10. The topological polar surface area (TPSA) is 65.2 Å². The highest BCUT2D eigenvalue weighted by Crippen LogP contribution is 2.19. The summed E-state index contributed by atoms with van der Waals surface area (Å²) in [5.41, 5.74) is 5.25. The first-order valence-corrected chi connectivity index (χ1v) is 4.49. The van der Waals surface area contributed by atoms with Crippen LogP contribution in [-0.2, 0) is 11.3 Å². The Bertz CT molecular complexity index is 332. The zero-order valence-electron chi connectivity index (χ0n) is 6.46. The van der Waals surface area contributed by atoms with Gasteiger partial charge in [0.2, 0.25) is 0 Å². The number of hydrogen-bond acceptors (Lipinski definition) is 3. The summed E-state index contributed by atoms with van der Waals surface area (Å²) in [6.07, 6.45) is 0.715. The lowest BCUT2D eigenvalue weighted by molar-refractivity contribution is 0.149. The fraction of sp³-hybridized carbons (Fsp3) is 0.143. The zero-order chi connectivity index (χ0) is 9.84. The normalized spacial score (nSPS) is 9.69. The van der Waals surface area contributed by atoms with Gasteiger partial charge >= 0.3 is 6.09 Å². The molecule has 2 N–H and O–H groups in total. The van der Waals surface area contributed by atoms with E-state index in [0.29, 0.717) is 10.7 Å². The molecule has 70 valence electrons. The molecular formula is C7H6BrClN2O2. The van der Waals surface area contributed by atoms with E-state index in [1.54, 1.807) is 12.3 Å². The number of primary amides is 1. The standard InChI is InChI=1S/C7H6BrClN2O2/c8-4-1-5(9)6(11-2-4)3-13-7(10)12/h1-2H,3H2,(H2,10,12). The van der Waals surface area contributed by atoms with Gasteiger partial charge in [0.25, 0.3) is 0 Å². The SMILES string of the molecule is NC(=O)OCc1ncc(Br)cc1Cl. The number of pyridine rings is 1. The van der Waals surface area contributed by atoms with Gasteiger partial charge in [-0.1, -0.05) is 11.6 Å². The lowest BCUT2D eigenvalue weighted by atomic mass is 10.4. The Hall–Kier alpha value is -0.810. The molecule has 1 rings (SSSR count). The number of carbonyl (C=O) groups excluding carboxylic acids is 1. The van der Waals surface area contributed by atoms with Crippen LogP contribution in [0.5, 0.6) is 0 Å². The number of nitrogens with zero attached hydrogens (tertiary/aromatic N) is 1. The fourth-order valence-electron chi connectivity index (χ4n) is 0.689. The Morgan fingerprint density at radius 2 is 2.46 bits per heavy atom. The number of carbonyl (C=O) groups is 1. The molecule has 13 heavy (non-hydrogen) atoms. The molecule has 4 nitrogen and oxygen atoms in total. The van der Waals surface area contributed by atoms with Crippen LogP contribution in [0, 0.1) is 0 Å². The van der Waals surface area contributed by atoms with E-state index in [9.17, 15) is 4.79 Å². The van der Waals surface area contributed by atoms with Gasteiger partial charge in [0.05, 0.1) is 10.7 Å². The molecule has 1 heterocycles. The minimum absolute atomic E-state index is 0.0125. The average molecular weight is 265 g/mol. The summed E-state index contributed by atoms with van der Waals surface area (Å²) >= 11 is 8.99. The van der Waals surface area contributed by atoms with Crippen LogP contribution < -0.4 is 5.73 Å². The molecule has 0 aromatic carbocycles. The number of amides is 1. The van der Waals surface area contributed by atoms with E-state index < -0.39 is 6.09 Å². The second-order valence-corrected chi connectivity index (χ2v) is 3.51. The van der Waals surface area contributed by atoms with Crippen LogP contribution in [0.1, 0.15) is 5.69 Å². The van der Waals surface area contributed by atoms with Gasteiger partial charge in [-0.2, -0.15) is 0 Å². The van der Waals surface area contributed by atoms with Crippen molar-refractivity contribution in [1.82, 2.24) is 4.98 Å². The van der Waals surface area contributed by atoms with E-state index in [4.69, 9.17) is 17.3 Å². The van der Waals surface area contributed by atoms with Crippen molar-refractivity contribution < 1.29 is 9.53 Å². The van der Waals surface area contributed by atoms with Crippen molar-refractivity contribution >= 4 is 33.6 Å². The summed E-state index contributed by atoms with van der Waals surface area (Å²) in [5, 5.41) is 0.427. The molecule has 0 bridgehead atoms. The Labute approximate surface area is 88.2 Å². The predicted molar refractivity (Wildman–Crippen MR) is 51.3 cm³/mol. The van der Waals surface area contributed by atoms with Crippen molar-refractivity contribution in [3.63, 3.8) is 0 Å². The Kier molecular flexibility index (Phi) is 3.50. The maximum absolute atomic E-state index is 10.3. The molecule has 1 amide bonds. The van der Waals surface area contributed by atoms with E-state index in [-0.39, 0.29) is 6.61 Å². The van der Waals surface area contributed by atoms with E-state index in [0.717, 1.165) is 4.47 Å². The van der Waals surface area contributed by atoms with Gasteiger partial charge in [-0.05, 0) is 22.0 Å². The van der Waals surface area contributed by atoms with Gasteiger partial charge in [-0.25, -0.2) is 4.79 Å². The summed E-state index contributed by atoms with van der Waals surface area (Å²) in [6, 6.07) is 1.66. The van der Waals surface area contributed by atoms with E-state index in [2.05, 4.69) is 25.7 Å². The van der Waals surface area contributed by atoms with E-state index >= 15 is 0 Å². The van der Waals surface area contributed by atoms with Gasteiger partial charge in [-0.3, -0.25) is 4.98 Å². The van der Waals surface area contributed by atoms with Gasteiger partial charge in [0, 0.05) is 10.7 Å². The van der Waals surface area contributed by atoms with Crippen molar-refractivity contribution in [2.24, 2.45) is 5.73 Å². The largest absolute Gasteiger partial charge is 0.443 e. The summed E-state index contributed by atoms with van der Waals surface area (Å²) in [6.45, 7) is -0.0125. The van der Waals surface area contributed by atoms with Crippen molar-refractivity contribution in [3.05, 3.63) is 27.5 Å². The van der Waals surface area contributed by atoms with Crippen molar-refractivity contribution in [3.8, 4) is 0 Å². The first-order chi connectivity index (χ1) is 6.09. The molecule has 0 radical (unpaired) electrons. The van der Waals surface area contributed by atoms with Crippen molar-refractivity contribution in [2.75, 3.05) is 0 Å². The van der Waals surface area contributed by atoms with E-state index in [1.165, 1.54) is 0 Å². The third-order valence-electron chi connectivity index (χ3n) is 1.24. The quantitative estimate of drug-likeness (QED) is 0.890. The predicted octanol–water partition coefficient (Wildman–Crippen LogP) is 2.09. The van der Waals surface area contributed by atoms with Crippen molar-refractivity contribution in [1.29, 1.82) is 0 Å². The Morgan fingerprint density at radius 1 is 1.77 bits per heavy atom. The second-order valence-electron chi connectivity index (χ2n) is 2.19. The molecule has 0 atom stereocenters. The third kappa shape index (κ3) is 3.20. The maximum Gasteiger partial charge on any atom is 0.404 e. The number of aromatic nitrogens is 1. The molecule has 0 fully saturated rings. The van der Waals surface area contributed by atoms with Gasteiger partial charge < -0.3 is 10.5 Å². The molecular weight excluding hydrogens is 259 g/mol. The molecule has 0 spiro atoms.